The van der Waals surface area contributed by atoms with Gasteiger partial charge in [0.25, 0.3) is 0 Å². The van der Waals surface area contributed by atoms with Gasteiger partial charge >= 0.3 is 11.9 Å². The minimum Gasteiger partial charge on any atom is -0.466 e. The van der Waals surface area contributed by atoms with E-state index in [4.69, 9.17) is 14.2 Å². The SMILES string of the molecule is CC(=O)Oc1ccc2cc1Oc1ccc(cc1)CCCOC(=O)CC2. The average molecular weight is 340 g/mol. The maximum Gasteiger partial charge on any atom is 0.308 e. The maximum absolute atomic E-state index is 11.8. The molecule has 2 aromatic carbocycles. The largest absolute Gasteiger partial charge is 0.466 e. The highest BCUT2D eigenvalue weighted by atomic mass is 16.6. The van der Waals surface area contributed by atoms with Gasteiger partial charge in [-0.2, -0.15) is 0 Å². The lowest BCUT2D eigenvalue weighted by Gasteiger charge is -2.12. The first-order chi connectivity index (χ1) is 12.1. The summed E-state index contributed by atoms with van der Waals surface area (Å²) in [5, 5.41) is 0. The van der Waals surface area contributed by atoms with Crippen molar-refractivity contribution in [2.24, 2.45) is 0 Å². The molecule has 2 aliphatic rings. The summed E-state index contributed by atoms with van der Waals surface area (Å²) in [6, 6.07) is 13.0. The van der Waals surface area contributed by atoms with E-state index in [9.17, 15) is 9.59 Å². The number of aryl methyl sites for hydroxylation is 2. The van der Waals surface area contributed by atoms with Crippen LogP contribution in [0.3, 0.4) is 0 Å². The van der Waals surface area contributed by atoms with E-state index in [1.165, 1.54) is 6.92 Å². The summed E-state index contributed by atoms with van der Waals surface area (Å²) in [5.74, 6) is 0.839. The Balaban J connectivity index is 1.93. The summed E-state index contributed by atoms with van der Waals surface area (Å²) in [6.45, 7) is 1.77. The Morgan fingerprint density at radius 2 is 1.76 bits per heavy atom. The lowest BCUT2D eigenvalue weighted by molar-refractivity contribution is -0.143. The zero-order valence-corrected chi connectivity index (χ0v) is 14.1. The van der Waals surface area contributed by atoms with Gasteiger partial charge in [-0.15, -0.1) is 0 Å². The van der Waals surface area contributed by atoms with Crippen LogP contribution in [-0.2, 0) is 27.2 Å². The number of fused-ring (bicyclic) bond motifs is 8. The number of rotatable bonds is 1. The van der Waals surface area contributed by atoms with E-state index in [2.05, 4.69) is 0 Å². The monoisotopic (exact) mass is 340 g/mol. The first-order valence-corrected chi connectivity index (χ1v) is 8.34. The fourth-order valence-corrected chi connectivity index (χ4v) is 2.66. The Bertz CT molecular complexity index is 764. The fourth-order valence-electron chi connectivity index (χ4n) is 2.66. The van der Waals surface area contributed by atoms with Crippen molar-refractivity contribution >= 4 is 11.9 Å². The molecule has 2 heterocycles. The molecule has 130 valence electrons. The van der Waals surface area contributed by atoms with Crippen molar-refractivity contribution in [1.82, 2.24) is 0 Å². The van der Waals surface area contributed by atoms with Crippen molar-refractivity contribution < 1.29 is 23.8 Å². The first-order valence-electron chi connectivity index (χ1n) is 8.34. The van der Waals surface area contributed by atoms with E-state index < -0.39 is 5.97 Å². The van der Waals surface area contributed by atoms with Gasteiger partial charge in [0, 0.05) is 13.3 Å². The second-order valence-corrected chi connectivity index (χ2v) is 5.94. The van der Waals surface area contributed by atoms with Gasteiger partial charge in [-0.3, -0.25) is 9.59 Å². The highest BCUT2D eigenvalue weighted by Gasteiger charge is 2.12. The zero-order valence-electron chi connectivity index (χ0n) is 14.1. The van der Waals surface area contributed by atoms with Crippen molar-refractivity contribution in [2.75, 3.05) is 6.61 Å². The van der Waals surface area contributed by atoms with E-state index in [-0.39, 0.29) is 5.97 Å². The zero-order chi connectivity index (χ0) is 17.6. The van der Waals surface area contributed by atoms with E-state index in [1.54, 1.807) is 12.1 Å². The summed E-state index contributed by atoms with van der Waals surface area (Å²) in [7, 11) is 0. The molecule has 0 N–H and O–H groups in total. The fraction of sp³-hybridized carbons (Fsp3) is 0.300. The number of carbonyl (C=O) groups is 2. The van der Waals surface area contributed by atoms with Crippen LogP contribution < -0.4 is 9.47 Å². The topological polar surface area (TPSA) is 61.8 Å². The highest BCUT2D eigenvalue weighted by Crippen LogP contribution is 2.33. The van der Waals surface area contributed by atoms with Gasteiger partial charge in [0.2, 0.25) is 0 Å². The third-order valence-electron chi connectivity index (χ3n) is 3.90. The molecule has 4 bridgehead atoms. The smallest absolute Gasteiger partial charge is 0.308 e. The average Bonchev–Trinajstić information content (AvgIpc) is 2.60. The molecule has 4 rings (SSSR count). The van der Waals surface area contributed by atoms with Crippen LogP contribution in [0.5, 0.6) is 17.2 Å². The molecule has 0 saturated carbocycles. The highest BCUT2D eigenvalue weighted by molar-refractivity contribution is 5.71. The normalized spacial score (nSPS) is 14.7. The molecule has 0 fully saturated rings. The Labute approximate surface area is 146 Å². The number of hydrogen-bond donors (Lipinski definition) is 0. The van der Waals surface area contributed by atoms with E-state index in [1.807, 2.05) is 30.3 Å². The number of esters is 2. The van der Waals surface area contributed by atoms with Crippen LogP contribution in [0.25, 0.3) is 0 Å². The van der Waals surface area contributed by atoms with Crippen molar-refractivity contribution in [2.45, 2.75) is 32.6 Å². The van der Waals surface area contributed by atoms with Gasteiger partial charge in [-0.25, -0.2) is 0 Å². The molecule has 5 heteroatoms. The minimum atomic E-state index is -0.414. The van der Waals surface area contributed by atoms with Crippen LogP contribution in [0, 0.1) is 0 Å². The second kappa shape index (κ2) is 7.83. The van der Waals surface area contributed by atoms with Crippen LogP contribution in [-0.4, -0.2) is 18.5 Å². The summed E-state index contributed by atoms with van der Waals surface area (Å²) in [6.07, 6.45) is 2.46. The van der Waals surface area contributed by atoms with Gasteiger partial charge < -0.3 is 14.2 Å². The van der Waals surface area contributed by atoms with Crippen LogP contribution in [0.2, 0.25) is 0 Å². The van der Waals surface area contributed by atoms with Crippen LogP contribution in [0.1, 0.15) is 30.9 Å². The molecule has 0 unspecified atom stereocenters. The van der Waals surface area contributed by atoms with Crippen LogP contribution in [0.15, 0.2) is 42.5 Å². The molecule has 0 radical (unpaired) electrons. The Hall–Kier alpha value is -2.82. The molecule has 2 aromatic rings. The van der Waals surface area contributed by atoms with Crippen molar-refractivity contribution in [3.63, 3.8) is 0 Å². The summed E-state index contributed by atoms with van der Waals surface area (Å²) >= 11 is 0. The molecule has 0 spiro atoms. The van der Waals surface area contributed by atoms with E-state index in [0.717, 1.165) is 24.0 Å². The third-order valence-corrected chi connectivity index (χ3v) is 3.90. The minimum absolute atomic E-state index is 0.212. The molecule has 0 atom stereocenters. The van der Waals surface area contributed by atoms with Gasteiger partial charge in [0.1, 0.15) is 5.75 Å². The molecule has 5 nitrogen and oxygen atoms in total. The first kappa shape index (κ1) is 17.0. The van der Waals surface area contributed by atoms with Crippen molar-refractivity contribution in [3.05, 3.63) is 53.6 Å². The molecule has 0 aromatic heterocycles. The lowest BCUT2D eigenvalue weighted by atomic mass is 10.1. The van der Waals surface area contributed by atoms with Gasteiger partial charge in [-0.05, 0) is 54.7 Å². The third kappa shape index (κ3) is 4.83. The molecular formula is C20H20O5. The summed E-state index contributed by atoms with van der Waals surface area (Å²) < 4.78 is 16.4. The summed E-state index contributed by atoms with van der Waals surface area (Å²) in [5.41, 5.74) is 2.06. The molecule has 25 heavy (non-hydrogen) atoms. The number of ether oxygens (including phenoxy) is 3. The number of benzene rings is 2. The van der Waals surface area contributed by atoms with Gasteiger partial charge in [0.05, 0.1) is 6.61 Å². The van der Waals surface area contributed by atoms with Gasteiger partial charge in [-0.1, -0.05) is 18.2 Å². The molecule has 0 saturated heterocycles. The standard InChI is InChI=1S/C20H20O5/c1-14(21)24-18-10-6-16-7-11-20(22)23-12-2-3-15-4-8-17(9-5-15)25-19(18)13-16/h4-6,8-10,13H,2-3,7,11-12H2,1H3. The summed E-state index contributed by atoms with van der Waals surface area (Å²) in [4.78, 5) is 23.1. The van der Waals surface area contributed by atoms with E-state index in [0.29, 0.717) is 36.7 Å². The predicted octanol–water partition coefficient (Wildman–Crippen LogP) is 3.83. The Morgan fingerprint density at radius 3 is 2.52 bits per heavy atom. The van der Waals surface area contributed by atoms with Gasteiger partial charge in [0.15, 0.2) is 11.5 Å². The van der Waals surface area contributed by atoms with Crippen LogP contribution in [0.4, 0.5) is 0 Å². The van der Waals surface area contributed by atoms with Crippen molar-refractivity contribution in [3.8, 4) is 17.2 Å². The molecule has 2 aliphatic heterocycles. The Morgan fingerprint density at radius 1 is 1.00 bits per heavy atom. The maximum atomic E-state index is 11.8. The number of carbonyl (C=O) groups excluding carboxylic acids is 2. The molecule has 0 amide bonds. The quantitative estimate of drug-likeness (QED) is 0.583. The molecule has 0 aliphatic carbocycles. The van der Waals surface area contributed by atoms with Crippen molar-refractivity contribution in [1.29, 1.82) is 0 Å². The molecular weight excluding hydrogens is 320 g/mol. The second-order valence-electron chi connectivity index (χ2n) is 5.94. The Kier molecular flexibility index (Phi) is 5.33. The van der Waals surface area contributed by atoms with E-state index >= 15 is 0 Å². The van der Waals surface area contributed by atoms with Crippen LogP contribution >= 0.6 is 0 Å². The lowest BCUT2D eigenvalue weighted by Crippen LogP contribution is -2.08. The predicted molar refractivity (Wildman–Crippen MR) is 91.9 cm³/mol. The number of hydrogen-bond acceptors (Lipinski definition) is 5.